The van der Waals surface area contributed by atoms with Crippen LogP contribution in [-0.4, -0.2) is 6.21 Å². The molecule has 3 aromatic carbocycles. The number of hydrogen-bond acceptors (Lipinski definition) is 5. The Kier molecular flexibility index (Phi) is 5.81. The van der Waals surface area contributed by atoms with Crippen LogP contribution in [0.3, 0.4) is 0 Å². The molecule has 0 radical (unpaired) electrons. The van der Waals surface area contributed by atoms with E-state index in [4.69, 9.17) is 31.2 Å². The third-order valence-corrected chi connectivity index (χ3v) is 4.46. The van der Waals surface area contributed by atoms with E-state index in [0.717, 1.165) is 27.9 Å². The SMILES string of the molecule is Cc1ccc(C2OOC(c3ccc(C=Nc4ccc(Cl)cc4)cc3)OO2)cc1. The van der Waals surface area contributed by atoms with Gasteiger partial charge in [0.2, 0.25) is 12.6 Å². The molecule has 1 aliphatic heterocycles. The molecule has 28 heavy (non-hydrogen) atoms. The second-order valence-electron chi connectivity index (χ2n) is 6.36. The van der Waals surface area contributed by atoms with E-state index < -0.39 is 12.6 Å². The monoisotopic (exact) mass is 395 g/mol. The lowest BCUT2D eigenvalue weighted by Crippen LogP contribution is -2.22. The minimum Gasteiger partial charge on any atom is -0.256 e. The van der Waals surface area contributed by atoms with Crippen LogP contribution in [0.1, 0.15) is 34.8 Å². The molecule has 0 unspecified atom stereocenters. The van der Waals surface area contributed by atoms with Gasteiger partial charge in [-0.25, -0.2) is 0 Å². The molecular formula is C22H18ClNO4. The summed E-state index contributed by atoms with van der Waals surface area (Å²) in [6, 6.07) is 22.6. The van der Waals surface area contributed by atoms with Crippen molar-refractivity contribution in [2.45, 2.75) is 19.5 Å². The number of rotatable bonds is 4. The first kappa shape index (κ1) is 18.8. The highest BCUT2D eigenvalue weighted by Crippen LogP contribution is 2.32. The van der Waals surface area contributed by atoms with Gasteiger partial charge in [0.05, 0.1) is 5.69 Å². The highest BCUT2D eigenvalue weighted by Gasteiger charge is 2.28. The van der Waals surface area contributed by atoms with Gasteiger partial charge < -0.3 is 0 Å². The standard InChI is InChI=1S/C22H18ClNO4/c1-15-2-6-17(7-3-15)21-25-27-22(28-26-21)18-8-4-16(5-9-18)14-24-20-12-10-19(23)11-13-20/h2-14,21-22H,1H3. The molecule has 1 heterocycles. The Bertz CT molecular complexity index is 932. The lowest BCUT2D eigenvalue weighted by atomic mass is 10.1. The lowest BCUT2D eigenvalue weighted by Gasteiger charge is -2.27. The molecule has 0 saturated carbocycles. The van der Waals surface area contributed by atoms with Crippen molar-refractivity contribution >= 4 is 23.5 Å². The average Bonchev–Trinajstić information content (AvgIpc) is 2.74. The highest BCUT2D eigenvalue weighted by atomic mass is 35.5. The zero-order chi connectivity index (χ0) is 19.3. The van der Waals surface area contributed by atoms with Gasteiger partial charge in [0.15, 0.2) is 0 Å². The Morgan fingerprint density at radius 2 is 1.21 bits per heavy atom. The zero-order valence-corrected chi connectivity index (χ0v) is 15.9. The molecule has 6 heteroatoms. The predicted molar refractivity (Wildman–Crippen MR) is 106 cm³/mol. The molecule has 0 bridgehead atoms. The van der Waals surface area contributed by atoms with Crippen molar-refractivity contribution in [3.8, 4) is 0 Å². The maximum absolute atomic E-state index is 5.87. The van der Waals surface area contributed by atoms with Gasteiger partial charge in [0, 0.05) is 22.4 Å². The Balaban J connectivity index is 1.35. The number of nitrogens with zero attached hydrogens (tertiary/aromatic N) is 1. The second kappa shape index (κ2) is 8.65. The van der Waals surface area contributed by atoms with Gasteiger partial charge in [0.1, 0.15) is 0 Å². The fourth-order valence-electron chi connectivity index (χ4n) is 2.60. The predicted octanol–water partition coefficient (Wildman–Crippen LogP) is 6.01. The molecule has 1 fully saturated rings. The van der Waals surface area contributed by atoms with Gasteiger partial charge in [0.25, 0.3) is 0 Å². The van der Waals surface area contributed by atoms with Crippen LogP contribution in [0.25, 0.3) is 0 Å². The van der Waals surface area contributed by atoms with E-state index in [2.05, 4.69) is 4.99 Å². The quantitative estimate of drug-likeness (QED) is 0.401. The molecule has 1 aliphatic rings. The van der Waals surface area contributed by atoms with Crippen LogP contribution < -0.4 is 0 Å². The van der Waals surface area contributed by atoms with Gasteiger partial charge in [-0.1, -0.05) is 65.7 Å². The fraction of sp³-hybridized carbons (Fsp3) is 0.136. The molecule has 0 aromatic heterocycles. The van der Waals surface area contributed by atoms with Crippen molar-refractivity contribution in [1.82, 2.24) is 0 Å². The minimum absolute atomic E-state index is 0.685. The first-order valence-electron chi connectivity index (χ1n) is 8.78. The van der Waals surface area contributed by atoms with Gasteiger partial charge in [-0.2, -0.15) is 19.6 Å². The molecule has 4 rings (SSSR count). The molecule has 0 amide bonds. The third kappa shape index (κ3) is 4.65. The summed E-state index contributed by atoms with van der Waals surface area (Å²) in [6.45, 7) is 2.01. The van der Waals surface area contributed by atoms with Crippen molar-refractivity contribution in [3.05, 3.63) is 100 Å². The summed E-state index contributed by atoms with van der Waals surface area (Å²) in [5, 5.41) is 0.685. The summed E-state index contributed by atoms with van der Waals surface area (Å²) in [6.07, 6.45) is 0.294. The third-order valence-electron chi connectivity index (χ3n) is 4.21. The summed E-state index contributed by atoms with van der Waals surface area (Å²) < 4.78 is 0. The summed E-state index contributed by atoms with van der Waals surface area (Å²) in [5.41, 5.74) is 4.51. The molecule has 0 atom stereocenters. The molecule has 0 spiro atoms. The number of aryl methyl sites for hydroxylation is 1. The fourth-order valence-corrected chi connectivity index (χ4v) is 2.72. The van der Waals surface area contributed by atoms with E-state index in [9.17, 15) is 0 Å². The first-order chi connectivity index (χ1) is 13.7. The number of aliphatic imine (C=N–C) groups is 1. The van der Waals surface area contributed by atoms with Crippen molar-refractivity contribution in [1.29, 1.82) is 0 Å². The second-order valence-corrected chi connectivity index (χ2v) is 6.80. The van der Waals surface area contributed by atoms with Crippen LogP contribution in [-0.2, 0) is 19.6 Å². The normalized spacial score (nSPS) is 19.8. The van der Waals surface area contributed by atoms with E-state index in [1.165, 1.54) is 0 Å². The van der Waals surface area contributed by atoms with Crippen LogP contribution in [0.5, 0.6) is 0 Å². The molecule has 0 N–H and O–H groups in total. The summed E-state index contributed by atoms with van der Waals surface area (Å²) in [5.74, 6) is 0. The maximum Gasteiger partial charge on any atom is 0.249 e. The average molecular weight is 396 g/mol. The van der Waals surface area contributed by atoms with Gasteiger partial charge in [-0.05, 0) is 36.8 Å². The van der Waals surface area contributed by atoms with Crippen LogP contribution in [0.2, 0.25) is 5.02 Å². The number of hydrogen-bond donors (Lipinski definition) is 0. The molecule has 142 valence electrons. The molecule has 5 nitrogen and oxygen atoms in total. The summed E-state index contributed by atoms with van der Waals surface area (Å²) in [7, 11) is 0. The van der Waals surface area contributed by atoms with E-state index in [1.54, 1.807) is 18.3 Å². The van der Waals surface area contributed by atoms with Gasteiger partial charge >= 0.3 is 0 Å². The molecule has 3 aromatic rings. The Hall–Kier alpha value is -2.54. The lowest BCUT2D eigenvalue weighted by molar-refractivity contribution is -0.600. The van der Waals surface area contributed by atoms with Crippen molar-refractivity contribution in [3.63, 3.8) is 0 Å². The Labute approximate surface area is 168 Å². The largest absolute Gasteiger partial charge is 0.256 e. The first-order valence-corrected chi connectivity index (χ1v) is 9.16. The van der Waals surface area contributed by atoms with Crippen molar-refractivity contribution in [2.75, 3.05) is 0 Å². The van der Waals surface area contributed by atoms with Crippen molar-refractivity contribution < 1.29 is 19.6 Å². The molecule has 1 saturated heterocycles. The molecule has 0 aliphatic carbocycles. The van der Waals surface area contributed by atoms with E-state index in [1.807, 2.05) is 67.6 Å². The van der Waals surface area contributed by atoms with Crippen LogP contribution in [0.4, 0.5) is 5.69 Å². The van der Waals surface area contributed by atoms with Crippen LogP contribution >= 0.6 is 11.6 Å². The van der Waals surface area contributed by atoms with E-state index >= 15 is 0 Å². The summed E-state index contributed by atoms with van der Waals surface area (Å²) >= 11 is 5.87. The smallest absolute Gasteiger partial charge is 0.249 e. The molecular weight excluding hydrogens is 378 g/mol. The van der Waals surface area contributed by atoms with E-state index in [-0.39, 0.29) is 0 Å². The number of benzene rings is 3. The Morgan fingerprint density at radius 1 is 0.714 bits per heavy atom. The Morgan fingerprint density at radius 3 is 1.75 bits per heavy atom. The van der Waals surface area contributed by atoms with Gasteiger partial charge in [-0.15, -0.1) is 0 Å². The summed E-state index contributed by atoms with van der Waals surface area (Å²) in [4.78, 5) is 25.8. The van der Waals surface area contributed by atoms with Gasteiger partial charge in [-0.3, -0.25) is 4.99 Å². The zero-order valence-electron chi connectivity index (χ0n) is 15.1. The van der Waals surface area contributed by atoms with Crippen LogP contribution in [0.15, 0.2) is 77.8 Å². The highest BCUT2D eigenvalue weighted by molar-refractivity contribution is 6.30. The number of halogens is 1. The van der Waals surface area contributed by atoms with Crippen molar-refractivity contribution in [2.24, 2.45) is 4.99 Å². The maximum atomic E-state index is 5.87. The topological polar surface area (TPSA) is 49.3 Å². The van der Waals surface area contributed by atoms with E-state index in [0.29, 0.717) is 5.02 Å². The van der Waals surface area contributed by atoms with Crippen LogP contribution in [0, 0.1) is 6.92 Å². The minimum atomic E-state index is -0.760.